The van der Waals surface area contributed by atoms with Gasteiger partial charge in [-0.15, -0.1) is 0 Å². The van der Waals surface area contributed by atoms with Crippen LogP contribution < -0.4 is 10.1 Å². The van der Waals surface area contributed by atoms with Crippen LogP contribution in [0.25, 0.3) is 0 Å². The second-order valence-corrected chi connectivity index (χ2v) is 3.64. The summed E-state index contributed by atoms with van der Waals surface area (Å²) in [5.74, 6) is 1.08. The van der Waals surface area contributed by atoms with Gasteiger partial charge in [0.1, 0.15) is 0 Å². The van der Waals surface area contributed by atoms with E-state index in [1.165, 1.54) is 0 Å². The first-order valence-corrected chi connectivity index (χ1v) is 5.07. The molecule has 4 nitrogen and oxygen atoms in total. The van der Waals surface area contributed by atoms with Crippen LogP contribution in [0.1, 0.15) is 24.5 Å². The third-order valence-electron chi connectivity index (χ3n) is 2.64. The molecule has 15 heavy (non-hydrogen) atoms. The molecule has 1 saturated heterocycles. The lowest BCUT2D eigenvalue weighted by Crippen LogP contribution is -2.33. The van der Waals surface area contributed by atoms with Gasteiger partial charge in [-0.05, 0) is 12.5 Å². The standard InChI is InChI=1S/C11H14N2O2/c1-15-11-4-2-3-9(13-11)8-5-6-10(14)12-7-8/h2-4,8H,5-7H2,1H3,(H,12,14)/t8-/m0/s1. The predicted octanol–water partition coefficient (Wildman–Crippen LogP) is 1.08. The minimum Gasteiger partial charge on any atom is -0.481 e. The first kappa shape index (κ1) is 9.96. The summed E-state index contributed by atoms with van der Waals surface area (Å²) in [7, 11) is 1.61. The number of nitrogens with zero attached hydrogens (tertiary/aromatic N) is 1. The van der Waals surface area contributed by atoms with E-state index in [-0.39, 0.29) is 5.91 Å². The van der Waals surface area contributed by atoms with Gasteiger partial charge in [-0.25, -0.2) is 4.98 Å². The Bertz CT molecular complexity index is 355. The van der Waals surface area contributed by atoms with E-state index in [9.17, 15) is 4.79 Å². The lowest BCUT2D eigenvalue weighted by Gasteiger charge is -2.21. The molecular weight excluding hydrogens is 192 g/mol. The molecule has 0 aromatic carbocycles. The van der Waals surface area contributed by atoms with E-state index in [4.69, 9.17) is 4.74 Å². The third-order valence-corrected chi connectivity index (χ3v) is 2.64. The van der Waals surface area contributed by atoms with Crippen molar-refractivity contribution in [2.45, 2.75) is 18.8 Å². The van der Waals surface area contributed by atoms with Crippen LogP contribution in [0.4, 0.5) is 0 Å². The van der Waals surface area contributed by atoms with Crippen molar-refractivity contribution in [3.8, 4) is 5.88 Å². The second-order valence-electron chi connectivity index (χ2n) is 3.64. The number of nitrogens with one attached hydrogen (secondary N) is 1. The van der Waals surface area contributed by atoms with E-state index < -0.39 is 0 Å². The third kappa shape index (κ3) is 2.26. The van der Waals surface area contributed by atoms with Crippen LogP contribution in [0.2, 0.25) is 0 Å². The molecule has 2 heterocycles. The van der Waals surface area contributed by atoms with Gasteiger partial charge in [-0.2, -0.15) is 0 Å². The number of carbonyl (C=O) groups excluding carboxylic acids is 1. The number of hydrogen-bond acceptors (Lipinski definition) is 3. The Kier molecular flexibility index (Phi) is 2.85. The Morgan fingerprint density at radius 3 is 3.07 bits per heavy atom. The molecule has 1 aromatic heterocycles. The highest BCUT2D eigenvalue weighted by atomic mass is 16.5. The molecule has 80 valence electrons. The summed E-state index contributed by atoms with van der Waals surface area (Å²) in [6.07, 6.45) is 1.45. The number of carbonyl (C=O) groups is 1. The number of aromatic nitrogens is 1. The van der Waals surface area contributed by atoms with Crippen molar-refractivity contribution < 1.29 is 9.53 Å². The van der Waals surface area contributed by atoms with Gasteiger partial charge in [0.05, 0.1) is 7.11 Å². The molecular formula is C11H14N2O2. The van der Waals surface area contributed by atoms with Gasteiger partial charge >= 0.3 is 0 Å². The molecule has 0 saturated carbocycles. The van der Waals surface area contributed by atoms with Gasteiger partial charge in [0.25, 0.3) is 0 Å². The smallest absolute Gasteiger partial charge is 0.220 e. The first-order chi connectivity index (χ1) is 7.29. The fourth-order valence-electron chi connectivity index (χ4n) is 1.76. The molecule has 2 rings (SSSR count). The number of hydrogen-bond donors (Lipinski definition) is 1. The van der Waals surface area contributed by atoms with E-state index in [2.05, 4.69) is 10.3 Å². The SMILES string of the molecule is COc1cccc([C@H]2CCC(=O)NC2)n1. The maximum absolute atomic E-state index is 11.0. The highest BCUT2D eigenvalue weighted by molar-refractivity contribution is 5.76. The summed E-state index contributed by atoms with van der Waals surface area (Å²) in [5, 5.41) is 2.85. The summed E-state index contributed by atoms with van der Waals surface area (Å²) in [6.45, 7) is 0.680. The van der Waals surface area contributed by atoms with Crippen molar-refractivity contribution >= 4 is 5.91 Å². The number of rotatable bonds is 2. The van der Waals surface area contributed by atoms with Gasteiger partial charge in [-0.3, -0.25) is 4.79 Å². The largest absolute Gasteiger partial charge is 0.481 e. The van der Waals surface area contributed by atoms with E-state index in [0.29, 0.717) is 24.8 Å². The zero-order valence-corrected chi connectivity index (χ0v) is 8.69. The Morgan fingerprint density at radius 1 is 1.53 bits per heavy atom. The molecule has 0 aliphatic carbocycles. The van der Waals surface area contributed by atoms with Crippen molar-refractivity contribution in [3.63, 3.8) is 0 Å². The number of methoxy groups -OCH3 is 1. The van der Waals surface area contributed by atoms with Gasteiger partial charge in [-0.1, -0.05) is 6.07 Å². The maximum Gasteiger partial charge on any atom is 0.220 e. The Labute approximate surface area is 88.7 Å². The molecule has 1 fully saturated rings. The van der Waals surface area contributed by atoms with Gasteiger partial charge < -0.3 is 10.1 Å². The van der Waals surface area contributed by atoms with Crippen molar-refractivity contribution in [3.05, 3.63) is 23.9 Å². The van der Waals surface area contributed by atoms with Gasteiger partial charge in [0.15, 0.2) is 0 Å². The second kappa shape index (κ2) is 4.29. The van der Waals surface area contributed by atoms with Crippen molar-refractivity contribution in [1.82, 2.24) is 10.3 Å². The van der Waals surface area contributed by atoms with Crippen LogP contribution in [0.5, 0.6) is 5.88 Å². The highest BCUT2D eigenvalue weighted by Crippen LogP contribution is 2.23. The molecule has 1 N–H and O–H groups in total. The number of ether oxygens (including phenoxy) is 1. The summed E-state index contributed by atoms with van der Waals surface area (Å²) in [6, 6.07) is 5.73. The Balaban J connectivity index is 2.11. The molecule has 1 aromatic rings. The van der Waals surface area contributed by atoms with Crippen LogP contribution in [-0.2, 0) is 4.79 Å². The summed E-state index contributed by atoms with van der Waals surface area (Å²) < 4.78 is 5.07. The molecule has 1 amide bonds. The molecule has 1 aliphatic heterocycles. The predicted molar refractivity (Wildman–Crippen MR) is 55.8 cm³/mol. The summed E-state index contributed by atoms with van der Waals surface area (Å²) >= 11 is 0. The van der Waals surface area contributed by atoms with Crippen molar-refractivity contribution in [2.75, 3.05) is 13.7 Å². The molecule has 1 aliphatic rings. The lowest BCUT2D eigenvalue weighted by atomic mass is 9.95. The minimum atomic E-state index is 0.133. The van der Waals surface area contributed by atoms with E-state index in [1.807, 2.05) is 18.2 Å². The van der Waals surface area contributed by atoms with Crippen molar-refractivity contribution in [2.24, 2.45) is 0 Å². The maximum atomic E-state index is 11.0. The summed E-state index contributed by atoms with van der Waals surface area (Å²) in [4.78, 5) is 15.4. The van der Waals surface area contributed by atoms with Crippen LogP contribution in [0.15, 0.2) is 18.2 Å². The zero-order valence-electron chi connectivity index (χ0n) is 8.69. The monoisotopic (exact) mass is 206 g/mol. The lowest BCUT2D eigenvalue weighted by molar-refractivity contribution is -0.122. The molecule has 0 spiro atoms. The quantitative estimate of drug-likeness (QED) is 0.787. The van der Waals surface area contributed by atoms with Crippen LogP contribution in [0, 0.1) is 0 Å². The van der Waals surface area contributed by atoms with E-state index in [0.717, 1.165) is 12.1 Å². The fourth-order valence-corrected chi connectivity index (χ4v) is 1.76. The molecule has 1 atom stereocenters. The van der Waals surface area contributed by atoms with Crippen LogP contribution in [0.3, 0.4) is 0 Å². The number of amides is 1. The normalized spacial score (nSPS) is 20.9. The first-order valence-electron chi connectivity index (χ1n) is 5.07. The topological polar surface area (TPSA) is 51.2 Å². The summed E-state index contributed by atoms with van der Waals surface area (Å²) in [5.41, 5.74) is 0.995. The molecule has 0 radical (unpaired) electrons. The molecule has 4 heteroatoms. The fraction of sp³-hybridized carbons (Fsp3) is 0.455. The molecule has 0 bridgehead atoms. The van der Waals surface area contributed by atoms with E-state index >= 15 is 0 Å². The van der Waals surface area contributed by atoms with E-state index in [1.54, 1.807) is 7.11 Å². The Hall–Kier alpha value is -1.58. The highest BCUT2D eigenvalue weighted by Gasteiger charge is 2.20. The van der Waals surface area contributed by atoms with Crippen LogP contribution in [-0.4, -0.2) is 24.5 Å². The van der Waals surface area contributed by atoms with Crippen molar-refractivity contribution in [1.29, 1.82) is 0 Å². The number of piperidine rings is 1. The average Bonchev–Trinajstić information content (AvgIpc) is 2.30. The van der Waals surface area contributed by atoms with Crippen LogP contribution >= 0.6 is 0 Å². The molecule has 0 unspecified atom stereocenters. The number of pyridine rings is 1. The minimum absolute atomic E-state index is 0.133. The van der Waals surface area contributed by atoms with Gasteiger partial charge in [0, 0.05) is 30.6 Å². The average molecular weight is 206 g/mol. The zero-order chi connectivity index (χ0) is 10.7. The van der Waals surface area contributed by atoms with Gasteiger partial charge in [0.2, 0.25) is 11.8 Å². The Morgan fingerprint density at radius 2 is 2.40 bits per heavy atom.